The van der Waals surface area contributed by atoms with Crippen molar-refractivity contribution >= 4 is 0 Å². The molecule has 2 fully saturated rings. The second-order valence-corrected chi connectivity index (χ2v) is 6.39. The number of rotatable bonds is 5. The van der Waals surface area contributed by atoms with E-state index in [1.54, 1.807) is 0 Å². The van der Waals surface area contributed by atoms with Crippen LogP contribution < -0.4 is 0 Å². The largest absolute Gasteiger partial charge is 0.381 e. The maximum Gasteiger partial charge on any atom is 0.133 e. The van der Waals surface area contributed by atoms with E-state index in [-0.39, 0.29) is 5.41 Å². The Morgan fingerprint density at radius 3 is 3.19 bits per heavy atom. The van der Waals surface area contributed by atoms with Gasteiger partial charge in [0.05, 0.1) is 18.4 Å². The van der Waals surface area contributed by atoms with Crippen molar-refractivity contribution in [3.8, 4) is 0 Å². The summed E-state index contributed by atoms with van der Waals surface area (Å²) in [6.07, 6.45) is 3.78. The minimum absolute atomic E-state index is 0.158. The summed E-state index contributed by atoms with van der Waals surface area (Å²) in [5.74, 6) is 0.880. The van der Waals surface area contributed by atoms with Crippen LogP contribution >= 0.6 is 0 Å². The molecule has 0 N–H and O–H groups in total. The average Bonchev–Trinajstić information content (AvgIpc) is 2.90. The molecule has 5 heteroatoms. The number of nitrogens with zero attached hydrogens (tertiary/aromatic N) is 2. The molecule has 2 aliphatic rings. The third-order valence-corrected chi connectivity index (χ3v) is 4.72. The Kier molecular flexibility index (Phi) is 4.62. The van der Waals surface area contributed by atoms with Gasteiger partial charge in [0.25, 0.3) is 0 Å². The zero-order valence-electron chi connectivity index (χ0n) is 13.1. The number of hydrogen-bond acceptors (Lipinski definition) is 5. The molecule has 0 aromatic carbocycles. The first-order valence-corrected chi connectivity index (χ1v) is 8.06. The standard InChI is InChI=1S/C16H26N2O3/c1-3-19-12-16-6-4-8-20-15(16)5-7-18(11-16)10-14-9-13(2)21-17-14/h9,15H,3-8,10-12H2,1-2H3/t15-,16-/m1/s1. The molecule has 5 nitrogen and oxygen atoms in total. The van der Waals surface area contributed by atoms with Crippen LogP contribution in [0.25, 0.3) is 0 Å². The monoisotopic (exact) mass is 294 g/mol. The lowest BCUT2D eigenvalue weighted by Crippen LogP contribution is -2.56. The van der Waals surface area contributed by atoms with E-state index in [9.17, 15) is 0 Å². The molecule has 0 saturated carbocycles. The van der Waals surface area contributed by atoms with Crippen LogP contribution in [0.3, 0.4) is 0 Å². The second kappa shape index (κ2) is 6.46. The molecule has 0 amide bonds. The summed E-state index contributed by atoms with van der Waals surface area (Å²) in [5.41, 5.74) is 1.18. The molecule has 1 aromatic heterocycles. The molecular formula is C16H26N2O3. The van der Waals surface area contributed by atoms with Crippen LogP contribution in [0.4, 0.5) is 0 Å². The van der Waals surface area contributed by atoms with E-state index in [1.165, 1.54) is 6.42 Å². The normalized spacial score (nSPS) is 30.3. The highest BCUT2D eigenvalue weighted by atomic mass is 16.5. The fraction of sp³-hybridized carbons (Fsp3) is 0.812. The molecule has 0 aliphatic carbocycles. The van der Waals surface area contributed by atoms with Gasteiger partial charge in [-0.15, -0.1) is 0 Å². The molecule has 3 rings (SSSR count). The maximum atomic E-state index is 6.04. The molecule has 0 spiro atoms. The molecule has 21 heavy (non-hydrogen) atoms. The van der Waals surface area contributed by atoms with Gasteiger partial charge < -0.3 is 14.0 Å². The van der Waals surface area contributed by atoms with E-state index in [4.69, 9.17) is 14.0 Å². The van der Waals surface area contributed by atoms with Crippen molar-refractivity contribution in [3.63, 3.8) is 0 Å². The summed E-state index contributed by atoms with van der Waals surface area (Å²) in [5, 5.41) is 4.12. The van der Waals surface area contributed by atoms with E-state index in [0.29, 0.717) is 6.10 Å². The molecule has 0 bridgehead atoms. The summed E-state index contributed by atoms with van der Waals surface area (Å²) in [7, 11) is 0. The fourth-order valence-corrected chi connectivity index (χ4v) is 3.75. The van der Waals surface area contributed by atoms with Crippen LogP contribution in [0.1, 0.15) is 37.6 Å². The van der Waals surface area contributed by atoms with Crippen LogP contribution in [0.5, 0.6) is 0 Å². The van der Waals surface area contributed by atoms with Gasteiger partial charge in [-0.2, -0.15) is 0 Å². The van der Waals surface area contributed by atoms with Gasteiger partial charge in [-0.3, -0.25) is 4.90 Å². The molecular weight excluding hydrogens is 268 g/mol. The van der Waals surface area contributed by atoms with Crippen molar-refractivity contribution in [2.75, 3.05) is 32.9 Å². The summed E-state index contributed by atoms with van der Waals surface area (Å²) < 4.78 is 17.0. The number of aryl methyl sites for hydroxylation is 1. The quantitative estimate of drug-likeness (QED) is 0.834. The average molecular weight is 294 g/mol. The van der Waals surface area contributed by atoms with Crippen LogP contribution in [0.2, 0.25) is 0 Å². The van der Waals surface area contributed by atoms with Gasteiger partial charge >= 0.3 is 0 Å². The minimum atomic E-state index is 0.158. The molecule has 118 valence electrons. The van der Waals surface area contributed by atoms with E-state index in [1.807, 2.05) is 13.0 Å². The van der Waals surface area contributed by atoms with Gasteiger partial charge in [0, 0.05) is 44.3 Å². The molecule has 2 atom stereocenters. The van der Waals surface area contributed by atoms with Crippen molar-refractivity contribution in [2.45, 2.75) is 45.8 Å². The molecule has 0 unspecified atom stereocenters. The summed E-state index contributed by atoms with van der Waals surface area (Å²) in [6.45, 7) is 9.44. The summed E-state index contributed by atoms with van der Waals surface area (Å²) >= 11 is 0. The number of aromatic nitrogens is 1. The highest BCUT2D eigenvalue weighted by Crippen LogP contribution is 2.40. The number of ether oxygens (including phenoxy) is 2. The van der Waals surface area contributed by atoms with Crippen LogP contribution in [-0.2, 0) is 16.0 Å². The Morgan fingerprint density at radius 2 is 2.43 bits per heavy atom. The second-order valence-electron chi connectivity index (χ2n) is 6.39. The van der Waals surface area contributed by atoms with Crippen LogP contribution in [0.15, 0.2) is 10.6 Å². The summed E-state index contributed by atoms with van der Waals surface area (Å²) in [6, 6.07) is 2.03. The van der Waals surface area contributed by atoms with Crippen molar-refractivity contribution in [1.29, 1.82) is 0 Å². The van der Waals surface area contributed by atoms with Gasteiger partial charge in [-0.05, 0) is 33.1 Å². The topological polar surface area (TPSA) is 47.7 Å². The zero-order valence-corrected chi connectivity index (χ0v) is 13.1. The van der Waals surface area contributed by atoms with Crippen molar-refractivity contribution < 1.29 is 14.0 Å². The number of likely N-dealkylation sites (tertiary alicyclic amines) is 1. The highest BCUT2D eigenvalue weighted by Gasteiger charge is 2.46. The van der Waals surface area contributed by atoms with Crippen LogP contribution in [-0.4, -0.2) is 49.1 Å². The third-order valence-electron chi connectivity index (χ3n) is 4.72. The van der Waals surface area contributed by atoms with Gasteiger partial charge in [0.1, 0.15) is 5.76 Å². The molecule has 2 saturated heterocycles. The Bertz CT molecular complexity index is 462. The molecule has 3 heterocycles. The Hall–Kier alpha value is -0.910. The first-order valence-electron chi connectivity index (χ1n) is 8.06. The maximum absolute atomic E-state index is 6.04. The Labute approximate surface area is 126 Å². The molecule has 0 radical (unpaired) electrons. The first kappa shape index (κ1) is 15.0. The Morgan fingerprint density at radius 1 is 1.52 bits per heavy atom. The van der Waals surface area contributed by atoms with E-state index < -0.39 is 0 Å². The Balaban J connectivity index is 1.68. The fourth-order valence-electron chi connectivity index (χ4n) is 3.75. The van der Waals surface area contributed by atoms with Gasteiger partial charge in [0.15, 0.2) is 0 Å². The zero-order chi connectivity index (χ0) is 14.7. The lowest BCUT2D eigenvalue weighted by molar-refractivity contribution is -0.153. The molecule has 1 aromatic rings. The van der Waals surface area contributed by atoms with Crippen molar-refractivity contribution in [3.05, 3.63) is 17.5 Å². The van der Waals surface area contributed by atoms with E-state index >= 15 is 0 Å². The smallest absolute Gasteiger partial charge is 0.133 e. The SMILES string of the molecule is CCOC[C@]12CCCO[C@@H]1CCN(Cc1cc(C)on1)C2. The number of hydrogen-bond donors (Lipinski definition) is 0. The lowest BCUT2D eigenvalue weighted by atomic mass is 9.73. The lowest BCUT2D eigenvalue weighted by Gasteiger charge is -2.50. The summed E-state index contributed by atoms with van der Waals surface area (Å²) in [4.78, 5) is 2.47. The van der Waals surface area contributed by atoms with Crippen molar-refractivity contribution in [2.24, 2.45) is 5.41 Å². The predicted molar refractivity (Wildman–Crippen MR) is 79.0 cm³/mol. The predicted octanol–water partition coefficient (Wildman–Crippen LogP) is 2.39. The highest BCUT2D eigenvalue weighted by molar-refractivity contribution is 5.05. The van der Waals surface area contributed by atoms with E-state index in [0.717, 1.165) is 63.8 Å². The van der Waals surface area contributed by atoms with Gasteiger partial charge in [-0.25, -0.2) is 0 Å². The van der Waals surface area contributed by atoms with E-state index in [2.05, 4.69) is 17.0 Å². The minimum Gasteiger partial charge on any atom is -0.381 e. The third kappa shape index (κ3) is 3.30. The van der Waals surface area contributed by atoms with Crippen molar-refractivity contribution in [1.82, 2.24) is 10.1 Å². The number of fused-ring (bicyclic) bond motifs is 1. The van der Waals surface area contributed by atoms with Gasteiger partial charge in [0.2, 0.25) is 0 Å². The van der Waals surface area contributed by atoms with Crippen LogP contribution in [0, 0.1) is 12.3 Å². The first-order chi connectivity index (χ1) is 10.2. The number of piperidine rings is 1. The molecule has 2 aliphatic heterocycles. The van der Waals surface area contributed by atoms with Gasteiger partial charge in [-0.1, -0.05) is 5.16 Å².